The zero-order valence-electron chi connectivity index (χ0n) is 9.95. The summed E-state index contributed by atoms with van der Waals surface area (Å²) in [6.45, 7) is 4.22. The van der Waals surface area contributed by atoms with Gasteiger partial charge in [0.25, 0.3) is 0 Å². The van der Waals surface area contributed by atoms with Gasteiger partial charge < -0.3 is 10.1 Å². The monoisotopic (exact) mass is 237 g/mol. The van der Waals surface area contributed by atoms with Crippen LogP contribution in [0.1, 0.15) is 36.5 Å². The van der Waals surface area contributed by atoms with E-state index in [1.807, 2.05) is 0 Å². The maximum absolute atomic E-state index is 11.7. The molecule has 0 atom stereocenters. The molecule has 0 spiro atoms. The van der Waals surface area contributed by atoms with Crippen LogP contribution in [0.3, 0.4) is 0 Å². The molecular weight excluding hydrogens is 222 g/mol. The molecule has 6 heteroatoms. The van der Waals surface area contributed by atoms with Crippen molar-refractivity contribution in [2.45, 2.75) is 33.2 Å². The molecule has 0 radical (unpaired) electrons. The Morgan fingerprint density at radius 1 is 1.53 bits per heavy atom. The number of hydrogen-bond acceptors (Lipinski definition) is 4. The third-order valence-electron chi connectivity index (χ3n) is 2.61. The molecule has 1 aromatic rings. The van der Waals surface area contributed by atoms with Crippen LogP contribution < -0.4 is 5.32 Å². The van der Waals surface area contributed by atoms with Crippen molar-refractivity contribution in [3.63, 3.8) is 0 Å². The molecule has 17 heavy (non-hydrogen) atoms. The first-order chi connectivity index (χ1) is 8.13. The summed E-state index contributed by atoms with van der Waals surface area (Å²) in [4.78, 5) is 22.8. The number of nitrogens with zero attached hydrogens (tertiary/aromatic N) is 2. The average Bonchev–Trinajstić information content (AvgIpc) is 2.80. The van der Waals surface area contributed by atoms with Crippen molar-refractivity contribution in [2.75, 3.05) is 11.9 Å². The van der Waals surface area contributed by atoms with Gasteiger partial charge in [0.05, 0.1) is 18.0 Å². The van der Waals surface area contributed by atoms with Crippen LogP contribution in [0.5, 0.6) is 0 Å². The first-order valence-corrected chi connectivity index (χ1v) is 5.68. The topological polar surface area (TPSA) is 73.2 Å². The molecule has 1 aromatic heterocycles. The number of aromatic nitrogens is 2. The van der Waals surface area contributed by atoms with E-state index in [9.17, 15) is 9.59 Å². The van der Waals surface area contributed by atoms with Crippen molar-refractivity contribution in [3.05, 3.63) is 11.4 Å². The van der Waals surface area contributed by atoms with Crippen molar-refractivity contribution >= 4 is 17.6 Å². The summed E-state index contributed by atoms with van der Waals surface area (Å²) in [7, 11) is 0. The van der Waals surface area contributed by atoms with Crippen molar-refractivity contribution in [1.82, 2.24) is 9.78 Å². The van der Waals surface area contributed by atoms with Crippen molar-refractivity contribution in [2.24, 2.45) is 0 Å². The van der Waals surface area contributed by atoms with E-state index >= 15 is 0 Å². The van der Waals surface area contributed by atoms with Gasteiger partial charge in [-0.2, -0.15) is 5.10 Å². The first kappa shape index (κ1) is 11.6. The van der Waals surface area contributed by atoms with Crippen LogP contribution in [-0.2, 0) is 22.5 Å². The van der Waals surface area contributed by atoms with Gasteiger partial charge in [0.15, 0.2) is 5.69 Å². The minimum atomic E-state index is -0.488. The lowest BCUT2D eigenvalue weighted by atomic mass is 10.2. The number of hydrogen-bond donors (Lipinski definition) is 1. The minimum Gasteiger partial charge on any atom is -0.461 e. The smallest absolute Gasteiger partial charge is 0.361 e. The van der Waals surface area contributed by atoms with Crippen LogP contribution in [0.25, 0.3) is 0 Å². The van der Waals surface area contributed by atoms with E-state index in [-0.39, 0.29) is 11.6 Å². The fourth-order valence-corrected chi connectivity index (χ4v) is 1.98. The van der Waals surface area contributed by atoms with Gasteiger partial charge in [0, 0.05) is 13.5 Å². The Morgan fingerprint density at radius 2 is 2.29 bits per heavy atom. The maximum atomic E-state index is 11.7. The van der Waals surface area contributed by atoms with Crippen molar-refractivity contribution in [1.29, 1.82) is 0 Å². The Kier molecular flexibility index (Phi) is 3.12. The van der Waals surface area contributed by atoms with Gasteiger partial charge in [-0.1, -0.05) is 0 Å². The number of amides is 1. The van der Waals surface area contributed by atoms with E-state index < -0.39 is 5.97 Å². The molecule has 92 valence electrons. The highest BCUT2D eigenvalue weighted by molar-refractivity contribution is 6.00. The van der Waals surface area contributed by atoms with Crippen LogP contribution in [0.15, 0.2) is 0 Å². The van der Waals surface area contributed by atoms with E-state index in [4.69, 9.17) is 4.74 Å². The first-order valence-electron chi connectivity index (χ1n) is 5.68. The summed E-state index contributed by atoms with van der Waals surface area (Å²) in [6.07, 6.45) is 1.81. The fraction of sp³-hybridized carbons (Fsp3) is 0.545. The number of carbonyl (C=O) groups excluding carboxylic acids is 2. The van der Waals surface area contributed by atoms with Gasteiger partial charge in [-0.25, -0.2) is 4.79 Å². The summed E-state index contributed by atoms with van der Waals surface area (Å²) < 4.78 is 6.68. The number of aryl methyl sites for hydroxylation is 1. The van der Waals surface area contributed by atoms with Crippen molar-refractivity contribution in [3.8, 4) is 0 Å². The molecule has 0 unspecified atom stereocenters. The van der Waals surface area contributed by atoms with E-state index in [0.717, 1.165) is 25.1 Å². The maximum Gasteiger partial charge on any atom is 0.361 e. The highest BCUT2D eigenvalue weighted by atomic mass is 16.5. The number of rotatable bonds is 3. The number of carbonyl (C=O) groups is 2. The van der Waals surface area contributed by atoms with Crippen LogP contribution >= 0.6 is 0 Å². The number of fused-ring (bicyclic) bond motifs is 1. The molecule has 0 fully saturated rings. The second-order valence-electron chi connectivity index (χ2n) is 3.90. The van der Waals surface area contributed by atoms with Crippen LogP contribution in [0, 0.1) is 0 Å². The summed E-state index contributed by atoms with van der Waals surface area (Å²) in [5.41, 5.74) is 1.62. The second-order valence-corrected chi connectivity index (χ2v) is 3.90. The summed E-state index contributed by atoms with van der Waals surface area (Å²) >= 11 is 0. The Hall–Kier alpha value is -1.85. The minimum absolute atomic E-state index is 0.205. The number of nitrogens with one attached hydrogen (secondary N) is 1. The Morgan fingerprint density at radius 3 is 2.94 bits per heavy atom. The Bertz CT molecular complexity index is 465. The number of anilines is 1. The van der Waals surface area contributed by atoms with Gasteiger partial charge in [-0.15, -0.1) is 0 Å². The highest BCUT2D eigenvalue weighted by Crippen LogP contribution is 2.27. The molecule has 1 N–H and O–H groups in total. The molecular formula is C11H15N3O3. The van der Waals surface area contributed by atoms with Gasteiger partial charge >= 0.3 is 5.97 Å². The standard InChI is InChI=1S/C11H15N3O3/c1-3-17-11(16)10-9(12-7(2)15)8-5-4-6-14(8)13-10/h3-6H2,1-2H3,(H,12,15). The quantitative estimate of drug-likeness (QED) is 0.795. The predicted octanol–water partition coefficient (Wildman–Crippen LogP) is 0.964. The predicted molar refractivity (Wildman–Crippen MR) is 60.8 cm³/mol. The molecule has 6 nitrogen and oxygen atoms in total. The molecule has 1 amide bonds. The van der Waals surface area contributed by atoms with E-state index in [1.165, 1.54) is 6.92 Å². The van der Waals surface area contributed by atoms with E-state index in [2.05, 4.69) is 10.4 Å². The molecule has 0 saturated carbocycles. The van der Waals surface area contributed by atoms with Gasteiger partial charge in [0.2, 0.25) is 5.91 Å². The van der Waals surface area contributed by atoms with Gasteiger partial charge in [-0.3, -0.25) is 9.48 Å². The lowest BCUT2D eigenvalue weighted by Gasteiger charge is -2.04. The van der Waals surface area contributed by atoms with Crippen LogP contribution in [0.2, 0.25) is 0 Å². The highest BCUT2D eigenvalue weighted by Gasteiger charge is 2.26. The molecule has 0 aliphatic carbocycles. The number of ether oxygens (including phenoxy) is 1. The third kappa shape index (κ3) is 2.15. The van der Waals surface area contributed by atoms with E-state index in [1.54, 1.807) is 11.6 Å². The fourth-order valence-electron chi connectivity index (χ4n) is 1.98. The van der Waals surface area contributed by atoms with Crippen LogP contribution in [0.4, 0.5) is 5.69 Å². The Labute approximate surface area is 98.9 Å². The lowest BCUT2D eigenvalue weighted by Crippen LogP contribution is -2.13. The third-order valence-corrected chi connectivity index (χ3v) is 2.61. The summed E-state index contributed by atoms with van der Waals surface area (Å²) in [6, 6.07) is 0. The molecule has 2 rings (SSSR count). The zero-order valence-corrected chi connectivity index (χ0v) is 9.95. The molecule has 0 bridgehead atoms. The second kappa shape index (κ2) is 4.57. The van der Waals surface area contributed by atoms with Gasteiger partial charge in [0.1, 0.15) is 0 Å². The zero-order chi connectivity index (χ0) is 12.4. The largest absolute Gasteiger partial charge is 0.461 e. The molecule has 1 aliphatic rings. The van der Waals surface area contributed by atoms with Crippen LogP contribution in [-0.4, -0.2) is 28.3 Å². The SMILES string of the molecule is CCOC(=O)c1nn2c(c1NC(C)=O)CCC2. The van der Waals surface area contributed by atoms with Gasteiger partial charge in [-0.05, 0) is 19.8 Å². The average molecular weight is 237 g/mol. The summed E-state index contributed by atoms with van der Waals surface area (Å²) in [5, 5.41) is 6.86. The molecule has 2 heterocycles. The number of esters is 1. The molecule has 0 saturated heterocycles. The lowest BCUT2D eigenvalue weighted by molar-refractivity contribution is -0.114. The Balaban J connectivity index is 2.37. The van der Waals surface area contributed by atoms with E-state index in [0.29, 0.717) is 12.3 Å². The molecule has 1 aliphatic heterocycles. The summed E-state index contributed by atoms with van der Waals surface area (Å²) in [5.74, 6) is -0.698. The normalized spacial score (nSPS) is 13.3. The van der Waals surface area contributed by atoms with Crippen molar-refractivity contribution < 1.29 is 14.3 Å². The molecule has 0 aromatic carbocycles.